The van der Waals surface area contributed by atoms with Gasteiger partial charge in [-0.1, -0.05) is 11.6 Å². The summed E-state index contributed by atoms with van der Waals surface area (Å²) in [6, 6.07) is 3.62. The lowest BCUT2D eigenvalue weighted by molar-refractivity contribution is -0.228. The molecular weight excluding hydrogens is 344 g/mol. The van der Waals surface area contributed by atoms with Crippen LogP contribution in [0.25, 0.3) is 5.57 Å². The number of nitrogens with zero attached hydrogens (tertiary/aromatic N) is 2. The minimum Gasteiger partial charge on any atom is -0.511 e. The molecule has 2 aliphatic rings. The highest BCUT2D eigenvalue weighted by atomic mass is 35.5. The van der Waals surface area contributed by atoms with Crippen molar-refractivity contribution in [3.8, 4) is 0 Å². The zero-order chi connectivity index (χ0) is 18.4. The van der Waals surface area contributed by atoms with Crippen LogP contribution in [0.4, 0.5) is 0 Å². The van der Waals surface area contributed by atoms with Gasteiger partial charge in [-0.05, 0) is 49.9 Å². The maximum atomic E-state index is 13.1. The van der Waals surface area contributed by atoms with E-state index in [1.165, 1.54) is 17.2 Å². The van der Waals surface area contributed by atoms with E-state index in [4.69, 9.17) is 16.4 Å². The molecule has 7 heteroatoms. The number of aliphatic hydroxyl groups excluding tert-OH is 1. The van der Waals surface area contributed by atoms with Crippen molar-refractivity contribution in [1.29, 1.82) is 0 Å². The number of hydrogen-bond acceptors (Lipinski definition) is 5. The molecule has 2 heterocycles. The van der Waals surface area contributed by atoms with Crippen LogP contribution >= 0.6 is 11.6 Å². The average molecular weight is 367 g/mol. The van der Waals surface area contributed by atoms with Crippen molar-refractivity contribution in [3.63, 3.8) is 0 Å². The molecule has 136 valence electrons. The van der Waals surface area contributed by atoms with E-state index >= 15 is 0 Å². The van der Waals surface area contributed by atoms with Crippen molar-refractivity contribution in [2.24, 2.45) is 0 Å². The molecule has 1 amide bonds. The van der Waals surface area contributed by atoms with Gasteiger partial charge in [-0.2, -0.15) is 5.06 Å². The molecule has 0 unspecified atom stereocenters. The lowest BCUT2D eigenvalue weighted by atomic mass is 9.79. The molecule has 1 fully saturated rings. The maximum Gasteiger partial charge on any atom is 0.282 e. The summed E-state index contributed by atoms with van der Waals surface area (Å²) in [4.78, 5) is 18.5. The summed E-state index contributed by atoms with van der Waals surface area (Å²) in [5, 5.41) is 23.3. The van der Waals surface area contributed by atoms with E-state index in [1.54, 1.807) is 6.07 Å². The number of aliphatic hydroxyl groups is 1. The number of carbonyl (C=O) groups is 1. The lowest BCUT2D eigenvalue weighted by Crippen LogP contribution is -2.59. The smallest absolute Gasteiger partial charge is 0.282 e. The van der Waals surface area contributed by atoms with Gasteiger partial charge in [0.1, 0.15) is 5.76 Å². The number of hydrogen-bond donors (Lipinski definition) is 2. The highest BCUT2D eigenvalue weighted by molar-refractivity contribution is 6.35. The average Bonchev–Trinajstić information content (AvgIpc) is 2.55. The molecule has 0 atom stereocenters. The molecule has 25 heavy (non-hydrogen) atoms. The van der Waals surface area contributed by atoms with Gasteiger partial charge in [0.05, 0.1) is 18.2 Å². The number of hydroxylamine groups is 4. The van der Waals surface area contributed by atoms with E-state index in [-0.39, 0.29) is 17.8 Å². The third-order valence-corrected chi connectivity index (χ3v) is 5.63. The highest BCUT2D eigenvalue weighted by Crippen LogP contribution is 2.43. The predicted octanol–water partition coefficient (Wildman–Crippen LogP) is 3.24. The van der Waals surface area contributed by atoms with Gasteiger partial charge in [0, 0.05) is 30.1 Å². The first-order chi connectivity index (χ1) is 11.8. The summed E-state index contributed by atoms with van der Waals surface area (Å²) < 4.78 is 0. The Balaban J connectivity index is 2.07. The molecule has 3 rings (SSSR count). The van der Waals surface area contributed by atoms with Crippen LogP contribution in [0.1, 0.15) is 36.0 Å². The van der Waals surface area contributed by atoms with Crippen LogP contribution in [0, 0.1) is 13.8 Å². The Morgan fingerprint density at radius 3 is 2.40 bits per heavy atom. The van der Waals surface area contributed by atoms with Crippen LogP contribution in [0.3, 0.4) is 0 Å². The Bertz CT molecular complexity index is 739. The number of benzene rings is 1. The van der Waals surface area contributed by atoms with Gasteiger partial charge in [-0.3, -0.25) is 9.63 Å². The summed E-state index contributed by atoms with van der Waals surface area (Å²) >= 11 is 6.36. The van der Waals surface area contributed by atoms with Crippen LogP contribution < -0.4 is 0 Å². The number of piperidine rings is 1. The third-order valence-electron chi connectivity index (χ3n) is 5.32. The van der Waals surface area contributed by atoms with E-state index in [1.807, 2.05) is 19.9 Å². The number of amides is 1. The molecule has 1 aromatic rings. The summed E-state index contributed by atoms with van der Waals surface area (Å²) in [6.45, 7) is 4.72. The topological polar surface area (TPSA) is 73.2 Å². The van der Waals surface area contributed by atoms with Crippen LogP contribution in [0.15, 0.2) is 17.9 Å². The van der Waals surface area contributed by atoms with E-state index in [0.717, 1.165) is 11.1 Å². The first-order valence-corrected chi connectivity index (χ1v) is 8.68. The number of carbonyl (C=O) groups excluding carboxylic acids is 1. The van der Waals surface area contributed by atoms with Crippen molar-refractivity contribution < 1.29 is 19.9 Å². The third kappa shape index (κ3) is 3.04. The standard InChI is InChI=1S/C18H23ClN2O4/c1-11-8-13(14(19)9-12(11)2)16-15(22)10-18(21(25-3)17(16)23)4-6-20(24)7-5-18/h8-9,22,24H,4-7,10H2,1-3H3. The summed E-state index contributed by atoms with van der Waals surface area (Å²) in [5.74, 6) is -0.377. The Kier molecular flexibility index (Phi) is 4.81. The fourth-order valence-electron chi connectivity index (χ4n) is 3.72. The molecule has 0 aliphatic carbocycles. The number of aryl methyl sites for hydroxylation is 2. The van der Waals surface area contributed by atoms with Crippen molar-refractivity contribution in [1.82, 2.24) is 10.1 Å². The summed E-state index contributed by atoms with van der Waals surface area (Å²) in [6.07, 6.45) is 1.31. The summed E-state index contributed by atoms with van der Waals surface area (Å²) in [5.41, 5.74) is 2.07. The van der Waals surface area contributed by atoms with Crippen molar-refractivity contribution >= 4 is 23.1 Å². The maximum absolute atomic E-state index is 13.1. The molecule has 2 aliphatic heterocycles. The quantitative estimate of drug-likeness (QED) is 0.840. The zero-order valence-corrected chi connectivity index (χ0v) is 15.4. The van der Waals surface area contributed by atoms with Crippen LogP contribution in [0.2, 0.25) is 5.02 Å². The molecule has 0 aromatic heterocycles. The van der Waals surface area contributed by atoms with E-state index in [9.17, 15) is 15.1 Å². The second-order valence-corrected chi connectivity index (χ2v) is 7.28. The Morgan fingerprint density at radius 1 is 1.20 bits per heavy atom. The van der Waals surface area contributed by atoms with Crippen LogP contribution in [-0.4, -0.2) is 52.1 Å². The van der Waals surface area contributed by atoms with Gasteiger partial charge >= 0.3 is 0 Å². The van der Waals surface area contributed by atoms with E-state index in [0.29, 0.717) is 36.5 Å². The van der Waals surface area contributed by atoms with E-state index in [2.05, 4.69) is 0 Å². The van der Waals surface area contributed by atoms with Crippen LogP contribution in [0.5, 0.6) is 0 Å². The van der Waals surface area contributed by atoms with Gasteiger partial charge in [-0.15, -0.1) is 0 Å². The highest BCUT2D eigenvalue weighted by Gasteiger charge is 2.49. The van der Waals surface area contributed by atoms with Gasteiger partial charge in [-0.25, -0.2) is 5.06 Å². The molecule has 6 nitrogen and oxygen atoms in total. The lowest BCUT2D eigenvalue weighted by Gasteiger charge is -2.48. The van der Waals surface area contributed by atoms with Gasteiger partial charge in [0.25, 0.3) is 5.91 Å². The normalized spacial score (nSPS) is 21.3. The first kappa shape index (κ1) is 18.2. The molecule has 1 saturated heterocycles. The molecule has 0 saturated carbocycles. The first-order valence-electron chi connectivity index (χ1n) is 8.31. The second kappa shape index (κ2) is 6.61. The van der Waals surface area contributed by atoms with Gasteiger partial charge < -0.3 is 10.3 Å². The van der Waals surface area contributed by atoms with Gasteiger partial charge in [0.15, 0.2) is 0 Å². The second-order valence-electron chi connectivity index (χ2n) is 6.87. The summed E-state index contributed by atoms with van der Waals surface area (Å²) in [7, 11) is 1.45. The van der Waals surface area contributed by atoms with Crippen molar-refractivity contribution in [2.75, 3.05) is 20.2 Å². The minimum absolute atomic E-state index is 0.0230. The number of halogens is 1. The largest absolute Gasteiger partial charge is 0.511 e. The van der Waals surface area contributed by atoms with E-state index < -0.39 is 11.4 Å². The van der Waals surface area contributed by atoms with Gasteiger partial charge in [0.2, 0.25) is 0 Å². The Morgan fingerprint density at radius 2 is 1.80 bits per heavy atom. The monoisotopic (exact) mass is 366 g/mol. The SMILES string of the molecule is CON1C(=O)C(c2cc(C)c(C)cc2Cl)=C(O)CC12CCN(O)CC2. The zero-order valence-electron chi connectivity index (χ0n) is 14.7. The molecule has 1 aromatic carbocycles. The Hall–Kier alpha value is -1.60. The molecule has 2 N–H and O–H groups in total. The number of rotatable bonds is 2. The van der Waals surface area contributed by atoms with Crippen molar-refractivity contribution in [2.45, 2.75) is 38.6 Å². The fraction of sp³-hybridized carbons (Fsp3) is 0.500. The molecule has 0 bridgehead atoms. The molecule has 1 spiro atoms. The Labute approximate surface area is 152 Å². The molecule has 0 radical (unpaired) electrons. The molecular formula is C18H23ClN2O4. The van der Waals surface area contributed by atoms with Crippen molar-refractivity contribution in [3.05, 3.63) is 39.6 Å². The fourth-order valence-corrected chi connectivity index (χ4v) is 4.04. The van der Waals surface area contributed by atoms with Crippen LogP contribution in [-0.2, 0) is 9.63 Å². The minimum atomic E-state index is -0.648. The predicted molar refractivity (Wildman–Crippen MR) is 94.3 cm³/mol.